The highest BCUT2D eigenvalue weighted by Gasteiger charge is 2.12. The van der Waals surface area contributed by atoms with Crippen LogP contribution in [0.5, 0.6) is 0 Å². The first-order valence-corrected chi connectivity index (χ1v) is 5.22. The Bertz CT molecular complexity index is 465. The maximum Gasteiger partial charge on any atom is 0.0914 e. The molecule has 0 spiro atoms. The van der Waals surface area contributed by atoms with Crippen LogP contribution in [0.2, 0.25) is 0 Å². The normalized spacial score (nSPS) is 12.7. The zero-order valence-corrected chi connectivity index (χ0v) is 9.71. The second-order valence-electron chi connectivity index (χ2n) is 3.76. The number of methoxy groups -OCH3 is 1. The lowest BCUT2D eigenvalue weighted by atomic mass is 10.1. The smallest absolute Gasteiger partial charge is 0.0914 e. The summed E-state index contributed by atoms with van der Waals surface area (Å²) in [6, 6.07) is 6.16. The van der Waals surface area contributed by atoms with Crippen LogP contribution in [0.4, 0.5) is 0 Å². The van der Waals surface area contributed by atoms with Gasteiger partial charge in [0.25, 0.3) is 0 Å². The maximum absolute atomic E-state index is 5.36. The Morgan fingerprint density at radius 1 is 1.25 bits per heavy atom. The molecule has 4 nitrogen and oxygen atoms in total. The van der Waals surface area contributed by atoms with E-state index in [-0.39, 0.29) is 6.10 Å². The first-order valence-electron chi connectivity index (χ1n) is 5.22. The van der Waals surface area contributed by atoms with Gasteiger partial charge in [-0.3, -0.25) is 0 Å². The zero-order valence-electron chi connectivity index (χ0n) is 9.71. The number of ether oxygens (including phenoxy) is 1. The quantitative estimate of drug-likeness (QED) is 0.791. The molecule has 1 aromatic carbocycles. The molecule has 0 bridgehead atoms. The molecule has 0 fully saturated rings. The highest BCUT2D eigenvalue weighted by atomic mass is 16.5. The first kappa shape index (κ1) is 10.8. The van der Waals surface area contributed by atoms with Crippen LogP contribution in [0.25, 0.3) is 5.69 Å². The Morgan fingerprint density at radius 2 is 1.94 bits per heavy atom. The Kier molecular flexibility index (Phi) is 3.01. The molecule has 0 aliphatic heterocycles. The average Bonchev–Trinajstić information content (AvgIpc) is 2.81. The van der Waals surface area contributed by atoms with Crippen molar-refractivity contribution in [1.29, 1.82) is 0 Å². The summed E-state index contributed by atoms with van der Waals surface area (Å²) in [5, 5.41) is 8.29. The minimum Gasteiger partial charge on any atom is -0.377 e. The number of nitrogens with zero attached hydrogens (tertiary/aromatic N) is 3. The molecule has 0 saturated heterocycles. The van der Waals surface area contributed by atoms with Crippen molar-refractivity contribution in [1.82, 2.24) is 15.0 Å². The summed E-state index contributed by atoms with van der Waals surface area (Å²) in [4.78, 5) is 1.62. The van der Waals surface area contributed by atoms with Gasteiger partial charge in [0.1, 0.15) is 0 Å². The highest BCUT2D eigenvalue weighted by Crippen LogP contribution is 2.23. The number of hydrogen-bond donors (Lipinski definition) is 0. The molecule has 0 N–H and O–H groups in total. The molecule has 84 valence electrons. The molecule has 1 aromatic heterocycles. The number of hydrogen-bond acceptors (Lipinski definition) is 3. The van der Waals surface area contributed by atoms with Crippen molar-refractivity contribution in [2.24, 2.45) is 0 Å². The third-order valence-electron chi connectivity index (χ3n) is 2.61. The molecule has 0 radical (unpaired) electrons. The molecule has 16 heavy (non-hydrogen) atoms. The van der Waals surface area contributed by atoms with Gasteiger partial charge in [0.2, 0.25) is 0 Å². The van der Waals surface area contributed by atoms with Gasteiger partial charge in [0.05, 0.1) is 24.2 Å². The van der Waals surface area contributed by atoms with Crippen LogP contribution in [0.3, 0.4) is 0 Å². The van der Waals surface area contributed by atoms with Crippen molar-refractivity contribution < 1.29 is 4.74 Å². The number of aromatic nitrogens is 3. The SMILES string of the molecule is COC(C)c1cc(C)ccc1-n1nccn1. The Hall–Kier alpha value is -1.68. The van der Waals surface area contributed by atoms with Crippen LogP contribution in [-0.2, 0) is 4.74 Å². The van der Waals surface area contributed by atoms with Gasteiger partial charge >= 0.3 is 0 Å². The van der Waals surface area contributed by atoms with E-state index in [1.54, 1.807) is 24.3 Å². The average molecular weight is 217 g/mol. The van der Waals surface area contributed by atoms with Crippen molar-refractivity contribution in [2.45, 2.75) is 20.0 Å². The molecular formula is C12H15N3O. The molecule has 2 rings (SSSR count). The van der Waals surface area contributed by atoms with Gasteiger partial charge < -0.3 is 4.74 Å². The summed E-state index contributed by atoms with van der Waals surface area (Å²) in [5.41, 5.74) is 3.26. The van der Waals surface area contributed by atoms with Crippen LogP contribution in [0.15, 0.2) is 30.6 Å². The van der Waals surface area contributed by atoms with Crippen LogP contribution in [0.1, 0.15) is 24.2 Å². The fourth-order valence-corrected chi connectivity index (χ4v) is 1.65. The molecule has 0 aliphatic rings. The Balaban J connectivity index is 2.52. The predicted octanol–water partition coefficient (Wildman–Crippen LogP) is 2.28. The lowest BCUT2D eigenvalue weighted by Crippen LogP contribution is -2.07. The van der Waals surface area contributed by atoms with Crippen molar-refractivity contribution in [3.05, 3.63) is 41.7 Å². The first-order chi connectivity index (χ1) is 7.72. The van der Waals surface area contributed by atoms with Crippen molar-refractivity contribution in [3.63, 3.8) is 0 Å². The largest absolute Gasteiger partial charge is 0.377 e. The molecular weight excluding hydrogens is 202 g/mol. The second kappa shape index (κ2) is 4.45. The van der Waals surface area contributed by atoms with E-state index in [2.05, 4.69) is 23.2 Å². The molecule has 0 saturated carbocycles. The van der Waals surface area contributed by atoms with Gasteiger partial charge in [0.15, 0.2) is 0 Å². The van der Waals surface area contributed by atoms with E-state index < -0.39 is 0 Å². The fraction of sp³-hybridized carbons (Fsp3) is 0.333. The number of rotatable bonds is 3. The van der Waals surface area contributed by atoms with Crippen LogP contribution in [-0.4, -0.2) is 22.1 Å². The summed E-state index contributed by atoms with van der Waals surface area (Å²) in [6.07, 6.45) is 3.36. The third kappa shape index (κ3) is 1.97. The Labute approximate surface area is 94.9 Å². The van der Waals surface area contributed by atoms with E-state index >= 15 is 0 Å². The fourth-order valence-electron chi connectivity index (χ4n) is 1.65. The summed E-state index contributed by atoms with van der Waals surface area (Å²) in [6.45, 7) is 4.08. The molecule has 1 unspecified atom stereocenters. The van der Waals surface area contributed by atoms with E-state index in [1.807, 2.05) is 19.1 Å². The molecule has 4 heteroatoms. The Morgan fingerprint density at radius 3 is 2.56 bits per heavy atom. The highest BCUT2D eigenvalue weighted by molar-refractivity contribution is 5.43. The van der Waals surface area contributed by atoms with Gasteiger partial charge in [-0.15, -0.1) is 0 Å². The van der Waals surface area contributed by atoms with Crippen molar-refractivity contribution in [2.75, 3.05) is 7.11 Å². The van der Waals surface area contributed by atoms with E-state index in [1.165, 1.54) is 5.56 Å². The molecule has 1 heterocycles. The summed E-state index contributed by atoms with van der Waals surface area (Å²) < 4.78 is 5.36. The second-order valence-corrected chi connectivity index (χ2v) is 3.76. The van der Waals surface area contributed by atoms with Gasteiger partial charge in [-0.1, -0.05) is 17.7 Å². The van der Waals surface area contributed by atoms with Crippen LogP contribution in [0, 0.1) is 6.92 Å². The molecule has 2 aromatic rings. The minimum atomic E-state index is 0.0286. The van der Waals surface area contributed by atoms with Crippen LogP contribution >= 0.6 is 0 Å². The van der Waals surface area contributed by atoms with Gasteiger partial charge in [-0.05, 0) is 19.9 Å². The molecule has 1 atom stereocenters. The monoisotopic (exact) mass is 217 g/mol. The maximum atomic E-state index is 5.36. The van der Waals surface area contributed by atoms with Crippen LogP contribution < -0.4 is 0 Å². The number of aryl methyl sites for hydroxylation is 1. The van der Waals surface area contributed by atoms with Gasteiger partial charge in [-0.25, -0.2) is 0 Å². The topological polar surface area (TPSA) is 39.9 Å². The number of benzene rings is 1. The minimum absolute atomic E-state index is 0.0286. The third-order valence-corrected chi connectivity index (χ3v) is 2.61. The van der Waals surface area contributed by atoms with Gasteiger partial charge in [-0.2, -0.15) is 15.0 Å². The van der Waals surface area contributed by atoms with E-state index in [9.17, 15) is 0 Å². The zero-order chi connectivity index (χ0) is 11.5. The molecule has 0 amide bonds. The van der Waals surface area contributed by atoms with E-state index in [4.69, 9.17) is 4.74 Å². The van der Waals surface area contributed by atoms with Crippen molar-refractivity contribution >= 4 is 0 Å². The predicted molar refractivity (Wildman–Crippen MR) is 61.5 cm³/mol. The van der Waals surface area contributed by atoms with Gasteiger partial charge in [0, 0.05) is 12.7 Å². The molecule has 0 aliphatic carbocycles. The lowest BCUT2D eigenvalue weighted by molar-refractivity contribution is 0.119. The summed E-state index contributed by atoms with van der Waals surface area (Å²) in [5.74, 6) is 0. The summed E-state index contributed by atoms with van der Waals surface area (Å²) in [7, 11) is 1.70. The van der Waals surface area contributed by atoms with E-state index in [0.29, 0.717) is 0 Å². The standard InChI is InChI=1S/C12H15N3O/c1-9-4-5-12(15-13-6-7-14-15)11(8-9)10(2)16-3/h4-8,10H,1-3H3. The lowest BCUT2D eigenvalue weighted by Gasteiger charge is -2.15. The van der Waals surface area contributed by atoms with E-state index in [0.717, 1.165) is 11.3 Å². The summed E-state index contributed by atoms with van der Waals surface area (Å²) >= 11 is 0. The van der Waals surface area contributed by atoms with Crippen molar-refractivity contribution in [3.8, 4) is 5.69 Å².